The van der Waals surface area contributed by atoms with E-state index in [1.54, 1.807) is 12.1 Å². The molecule has 9 heteroatoms. The normalized spacial score (nSPS) is 11.5. The first kappa shape index (κ1) is 21.1. The third kappa shape index (κ3) is 6.11. The lowest BCUT2D eigenvalue weighted by molar-refractivity contribution is -0.884. The summed E-state index contributed by atoms with van der Waals surface area (Å²) >= 11 is 0. The summed E-state index contributed by atoms with van der Waals surface area (Å²) in [5.74, 6) is 0.0241. The second-order valence-corrected chi connectivity index (χ2v) is 7.93. The molecule has 0 amide bonds. The van der Waals surface area contributed by atoms with E-state index in [4.69, 9.17) is 4.18 Å². The van der Waals surface area contributed by atoms with Gasteiger partial charge in [0.25, 0.3) is 5.69 Å². The SMILES string of the molecule is C[N+](C)(C)Cc1ccc(S(=O)(=O)Oc2ccc([N+](=O)[O-])cc2)cc1.[Br-]. The minimum atomic E-state index is -3.98. The largest absolute Gasteiger partial charge is 1.00 e. The maximum absolute atomic E-state index is 12.3. The fraction of sp³-hybridized carbons (Fsp3) is 0.250. The van der Waals surface area contributed by atoms with Gasteiger partial charge in [-0.3, -0.25) is 10.1 Å². The smallest absolute Gasteiger partial charge is 0.339 e. The van der Waals surface area contributed by atoms with Gasteiger partial charge in [-0.1, -0.05) is 12.1 Å². The molecule has 0 radical (unpaired) electrons. The summed E-state index contributed by atoms with van der Waals surface area (Å²) in [4.78, 5) is 10.1. The van der Waals surface area contributed by atoms with Crippen LogP contribution in [-0.4, -0.2) is 39.0 Å². The zero-order valence-corrected chi connectivity index (χ0v) is 16.5. The first-order valence-corrected chi connectivity index (χ1v) is 8.56. The lowest BCUT2D eigenvalue weighted by atomic mass is 10.2. The molecule has 0 atom stereocenters. The van der Waals surface area contributed by atoms with Gasteiger partial charge in [-0.15, -0.1) is 0 Å². The molecule has 0 aliphatic rings. The second kappa shape index (κ2) is 7.94. The van der Waals surface area contributed by atoms with Crippen LogP contribution in [0.2, 0.25) is 0 Å². The van der Waals surface area contributed by atoms with Crippen LogP contribution in [0.4, 0.5) is 5.69 Å². The van der Waals surface area contributed by atoms with Crippen LogP contribution in [0.25, 0.3) is 0 Å². The molecule has 0 unspecified atom stereocenters. The van der Waals surface area contributed by atoms with Gasteiger partial charge >= 0.3 is 10.1 Å². The molecule has 0 N–H and O–H groups in total. The van der Waals surface area contributed by atoms with E-state index in [1.807, 2.05) is 21.1 Å². The Labute approximate surface area is 157 Å². The Bertz CT molecular complexity index is 828. The zero-order chi connectivity index (χ0) is 18.0. The monoisotopic (exact) mass is 430 g/mol. The second-order valence-electron chi connectivity index (χ2n) is 6.38. The van der Waals surface area contributed by atoms with Crippen molar-refractivity contribution in [3.63, 3.8) is 0 Å². The molecular weight excluding hydrogens is 412 g/mol. The van der Waals surface area contributed by atoms with Gasteiger partial charge in [0.2, 0.25) is 0 Å². The molecule has 2 aromatic carbocycles. The first-order chi connectivity index (χ1) is 11.1. The Morgan fingerprint density at radius 3 is 1.96 bits per heavy atom. The Kier molecular flexibility index (Phi) is 6.69. The molecule has 7 nitrogen and oxygen atoms in total. The number of non-ortho nitro benzene ring substituents is 1. The van der Waals surface area contributed by atoms with Gasteiger partial charge in [-0.2, -0.15) is 8.42 Å². The summed E-state index contributed by atoms with van der Waals surface area (Å²) in [6.07, 6.45) is 0. The number of hydrogen-bond donors (Lipinski definition) is 0. The van der Waals surface area contributed by atoms with Gasteiger partial charge in [0.05, 0.1) is 26.1 Å². The number of nitro groups is 1. The van der Waals surface area contributed by atoms with E-state index in [1.165, 1.54) is 36.4 Å². The van der Waals surface area contributed by atoms with Gasteiger partial charge in [0.15, 0.2) is 0 Å². The Hall–Kier alpha value is -1.97. The predicted molar refractivity (Wildman–Crippen MR) is 89.1 cm³/mol. The number of rotatable bonds is 6. The first-order valence-electron chi connectivity index (χ1n) is 7.15. The van der Waals surface area contributed by atoms with Gasteiger partial charge in [-0.05, 0) is 24.3 Å². The van der Waals surface area contributed by atoms with Crippen LogP contribution in [0.5, 0.6) is 5.75 Å². The average Bonchev–Trinajstić information content (AvgIpc) is 2.46. The molecule has 0 bridgehead atoms. The lowest BCUT2D eigenvalue weighted by Gasteiger charge is -2.23. The minimum Gasteiger partial charge on any atom is -1.00 e. The number of halogens is 1. The molecule has 0 fully saturated rings. The van der Waals surface area contributed by atoms with Crippen molar-refractivity contribution >= 4 is 15.8 Å². The Balaban J connectivity index is 0.00000312. The van der Waals surface area contributed by atoms with Crippen LogP contribution in [0, 0.1) is 10.1 Å². The van der Waals surface area contributed by atoms with E-state index < -0.39 is 15.0 Å². The summed E-state index contributed by atoms with van der Waals surface area (Å²) in [5.41, 5.74) is 0.876. The molecule has 0 aliphatic carbocycles. The van der Waals surface area contributed by atoms with Crippen LogP contribution in [0.15, 0.2) is 53.4 Å². The number of benzene rings is 2. The van der Waals surface area contributed by atoms with Crippen molar-refractivity contribution in [2.45, 2.75) is 11.4 Å². The molecule has 0 saturated heterocycles. The van der Waals surface area contributed by atoms with Crippen molar-refractivity contribution in [3.05, 3.63) is 64.2 Å². The van der Waals surface area contributed by atoms with Gasteiger partial charge < -0.3 is 25.6 Å². The minimum absolute atomic E-state index is 0. The van der Waals surface area contributed by atoms with Gasteiger partial charge in [0.1, 0.15) is 17.2 Å². The fourth-order valence-electron chi connectivity index (χ4n) is 2.11. The van der Waals surface area contributed by atoms with E-state index in [0.717, 1.165) is 16.6 Å². The molecule has 0 spiro atoms. The van der Waals surface area contributed by atoms with Crippen molar-refractivity contribution in [1.82, 2.24) is 0 Å². The van der Waals surface area contributed by atoms with Crippen molar-refractivity contribution in [2.75, 3.05) is 21.1 Å². The number of nitrogens with zero attached hydrogens (tertiary/aromatic N) is 2. The van der Waals surface area contributed by atoms with Crippen LogP contribution >= 0.6 is 0 Å². The summed E-state index contributed by atoms with van der Waals surface area (Å²) < 4.78 is 30.3. The van der Waals surface area contributed by atoms with E-state index in [0.29, 0.717) is 0 Å². The van der Waals surface area contributed by atoms with Crippen LogP contribution in [-0.2, 0) is 16.7 Å². The highest BCUT2D eigenvalue weighted by Crippen LogP contribution is 2.22. The van der Waals surface area contributed by atoms with Crippen LogP contribution in [0.3, 0.4) is 0 Å². The zero-order valence-electron chi connectivity index (χ0n) is 14.0. The molecule has 0 heterocycles. The molecule has 25 heavy (non-hydrogen) atoms. The topological polar surface area (TPSA) is 86.5 Å². The van der Waals surface area contributed by atoms with E-state index in [2.05, 4.69) is 0 Å². The van der Waals surface area contributed by atoms with Crippen molar-refractivity contribution in [1.29, 1.82) is 0 Å². The molecule has 0 aliphatic heterocycles. The van der Waals surface area contributed by atoms with E-state index in [-0.39, 0.29) is 33.3 Å². The van der Waals surface area contributed by atoms with Crippen LogP contribution < -0.4 is 21.2 Å². The summed E-state index contributed by atoms with van der Waals surface area (Å²) in [6, 6.07) is 11.4. The molecular formula is C16H19BrN2O5S. The fourth-order valence-corrected chi connectivity index (χ4v) is 3.04. The predicted octanol–water partition coefficient (Wildman–Crippen LogP) is -0.427. The summed E-state index contributed by atoms with van der Waals surface area (Å²) in [7, 11) is 2.15. The van der Waals surface area contributed by atoms with Crippen molar-refractivity contribution in [3.8, 4) is 5.75 Å². The van der Waals surface area contributed by atoms with E-state index in [9.17, 15) is 18.5 Å². The number of nitro benzene ring substituents is 1. The van der Waals surface area contributed by atoms with Gasteiger partial charge in [0, 0.05) is 17.7 Å². The highest BCUT2D eigenvalue weighted by Gasteiger charge is 2.18. The number of quaternary nitrogens is 1. The molecule has 0 saturated carbocycles. The maximum atomic E-state index is 12.3. The molecule has 0 aromatic heterocycles. The Morgan fingerprint density at radius 1 is 1.00 bits per heavy atom. The average molecular weight is 431 g/mol. The molecule has 2 aromatic rings. The standard InChI is InChI=1S/C16H19N2O5S.BrH/c1-18(2,3)12-13-4-10-16(11-5-13)24(21,22)23-15-8-6-14(7-9-15)17(19)20;/h4-11H,12H2,1-3H3;1H/q+1;/p-1. The lowest BCUT2D eigenvalue weighted by Crippen LogP contribution is -3.00. The third-order valence-electron chi connectivity index (χ3n) is 3.12. The summed E-state index contributed by atoms with van der Waals surface area (Å²) in [5, 5.41) is 10.6. The van der Waals surface area contributed by atoms with Crippen molar-refractivity contribution in [2.24, 2.45) is 0 Å². The van der Waals surface area contributed by atoms with E-state index >= 15 is 0 Å². The third-order valence-corrected chi connectivity index (χ3v) is 4.38. The number of hydrogen-bond acceptors (Lipinski definition) is 5. The highest BCUT2D eigenvalue weighted by molar-refractivity contribution is 7.87. The van der Waals surface area contributed by atoms with Crippen LogP contribution in [0.1, 0.15) is 5.56 Å². The summed E-state index contributed by atoms with van der Waals surface area (Å²) in [6.45, 7) is 0.767. The highest BCUT2D eigenvalue weighted by atomic mass is 79.9. The molecule has 2 rings (SSSR count). The quantitative estimate of drug-likeness (QED) is 0.268. The Morgan fingerprint density at radius 2 is 1.52 bits per heavy atom. The van der Waals surface area contributed by atoms with Crippen molar-refractivity contribution < 1.29 is 39.0 Å². The maximum Gasteiger partial charge on any atom is 0.339 e. The van der Waals surface area contributed by atoms with Gasteiger partial charge in [-0.25, -0.2) is 0 Å². The molecule has 136 valence electrons.